The highest BCUT2D eigenvalue weighted by molar-refractivity contribution is 5.93. The number of piperidine rings is 1. The van der Waals surface area contributed by atoms with Gasteiger partial charge in [0.25, 0.3) is 0 Å². The van der Waals surface area contributed by atoms with Crippen LogP contribution in [0.4, 0.5) is 15.3 Å². The maximum atomic E-state index is 14.5. The summed E-state index contributed by atoms with van der Waals surface area (Å²) in [6.07, 6.45) is 8.10. The number of benzene rings is 2. The highest BCUT2D eigenvalue weighted by Crippen LogP contribution is 2.47. The SMILES string of the molecule is Cc1cc(CC(C=O)(N2CCN(C3CCCCC3)CC2)[C@@]2(N3CCc4ccccc4NC3=O)CCCCN2C(=O)O)cc2oc(=O)n(C)c12. The molecular formula is C37H48N6O6. The topological polar surface area (TPSA) is 132 Å². The van der Waals surface area contributed by atoms with Crippen molar-refractivity contribution in [3.63, 3.8) is 0 Å². The van der Waals surface area contributed by atoms with Gasteiger partial charge in [-0.05, 0) is 74.3 Å². The summed E-state index contributed by atoms with van der Waals surface area (Å²) in [6, 6.07) is 11.5. The van der Waals surface area contributed by atoms with E-state index < -0.39 is 29.1 Å². The van der Waals surface area contributed by atoms with E-state index in [2.05, 4.69) is 15.1 Å². The first-order valence-electron chi connectivity index (χ1n) is 17.9. The summed E-state index contributed by atoms with van der Waals surface area (Å²) in [5.74, 6) is -0.475. The zero-order valence-electron chi connectivity index (χ0n) is 28.7. The molecule has 3 amide bonds. The highest BCUT2D eigenvalue weighted by atomic mass is 16.4. The Morgan fingerprint density at radius 1 is 1.02 bits per heavy atom. The summed E-state index contributed by atoms with van der Waals surface area (Å²) in [6.45, 7) is 4.99. The normalized spacial score (nSPS) is 24.2. The lowest BCUT2D eigenvalue weighted by atomic mass is 9.71. The van der Waals surface area contributed by atoms with Crippen LogP contribution in [0.25, 0.3) is 11.1 Å². The Morgan fingerprint density at radius 3 is 2.51 bits per heavy atom. The summed E-state index contributed by atoms with van der Waals surface area (Å²) in [4.78, 5) is 62.5. The molecule has 0 bridgehead atoms. The van der Waals surface area contributed by atoms with Gasteiger partial charge in [-0.3, -0.25) is 24.2 Å². The van der Waals surface area contributed by atoms with E-state index in [9.17, 15) is 24.3 Å². The molecule has 7 rings (SSSR count). The number of carbonyl (C=O) groups is 3. The maximum absolute atomic E-state index is 14.5. The molecule has 2 N–H and O–H groups in total. The standard InChI is InChI=1S/C37H48N6O6/c1-26-22-27(23-31-32(26)39(2)35(48)49-31)24-36(25-44,41-20-18-40(19-21-41)29-11-4-3-5-12-29)37(15-8-9-16-43(37)34(46)47)42-17-14-28-10-6-7-13-30(28)38-33(42)45/h6-7,10,13,22-23,25,29H,3-5,8-9,11-12,14-21,24H2,1-2H3,(H,38,45)(H,46,47)/t36?,37-/m1/s1. The molecule has 1 aliphatic carbocycles. The zero-order chi connectivity index (χ0) is 34.3. The van der Waals surface area contributed by atoms with E-state index in [1.165, 1.54) is 41.6 Å². The van der Waals surface area contributed by atoms with Gasteiger partial charge >= 0.3 is 17.9 Å². The van der Waals surface area contributed by atoms with E-state index in [1.54, 1.807) is 18.0 Å². The molecule has 12 heteroatoms. The molecule has 3 aromatic rings. The molecule has 262 valence electrons. The third kappa shape index (κ3) is 5.62. The van der Waals surface area contributed by atoms with Crippen molar-refractivity contribution >= 4 is 35.2 Å². The molecule has 2 atom stereocenters. The van der Waals surface area contributed by atoms with Crippen molar-refractivity contribution < 1.29 is 23.9 Å². The summed E-state index contributed by atoms with van der Waals surface area (Å²) in [7, 11) is 1.67. The molecule has 2 saturated heterocycles. The molecule has 4 heterocycles. The van der Waals surface area contributed by atoms with Gasteiger partial charge < -0.3 is 19.6 Å². The molecule has 2 aromatic carbocycles. The summed E-state index contributed by atoms with van der Waals surface area (Å²) < 4.78 is 7.10. The lowest BCUT2D eigenvalue weighted by molar-refractivity contribution is -0.165. The number of urea groups is 1. The zero-order valence-corrected chi connectivity index (χ0v) is 28.7. The Hall–Kier alpha value is -4.16. The van der Waals surface area contributed by atoms with Crippen LogP contribution in [0.1, 0.15) is 68.1 Å². The van der Waals surface area contributed by atoms with Crippen LogP contribution in [0.3, 0.4) is 0 Å². The molecule has 1 saturated carbocycles. The van der Waals surface area contributed by atoms with E-state index >= 15 is 0 Å². The quantitative estimate of drug-likeness (QED) is 0.342. The van der Waals surface area contributed by atoms with Gasteiger partial charge in [0, 0.05) is 64.5 Å². The lowest BCUT2D eigenvalue weighted by Crippen LogP contribution is -2.82. The van der Waals surface area contributed by atoms with Gasteiger partial charge in [-0.25, -0.2) is 14.4 Å². The fourth-order valence-corrected chi connectivity index (χ4v) is 9.55. The number of likely N-dealkylation sites (tertiary alicyclic amines) is 1. The molecule has 0 radical (unpaired) electrons. The number of carbonyl (C=O) groups excluding carboxylic acids is 2. The smallest absolute Gasteiger partial charge is 0.419 e. The first-order valence-corrected chi connectivity index (χ1v) is 17.9. The van der Waals surface area contributed by atoms with Crippen LogP contribution < -0.4 is 11.1 Å². The Bertz CT molecular complexity index is 1790. The van der Waals surface area contributed by atoms with Gasteiger partial charge in [0.1, 0.15) is 17.5 Å². The number of fused-ring (bicyclic) bond motifs is 2. The number of amides is 3. The number of piperazine rings is 1. The first kappa shape index (κ1) is 33.3. The number of nitrogens with one attached hydrogen (secondary N) is 1. The van der Waals surface area contributed by atoms with Crippen LogP contribution in [0, 0.1) is 6.92 Å². The monoisotopic (exact) mass is 672 g/mol. The number of aldehydes is 1. The van der Waals surface area contributed by atoms with Crippen molar-refractivity contribution in [1.29, 1.82) is 0 Å². The van der Waals surface area contributed by atoms with Gasteiger partial charge in [-0.1, -0.05) is 43.5 Å². The summed E-state index contributed by atoms with van der Waals surface area (Å²) in [5, 5.41) is 14.0. The fourth-order valence-electron chi connectivity index (χ4n) is 9.55. The molecule has 3 fully saturated rings. The van der Waals surface area contributed by atoms with E-state index in [0.717, 1.165) is 36.1 Å². The number of nitrogens with zero attached hydrogens (tertiary/aromatic N) is 5. The third-order valence-electron chi connectivity index (χ3n) is 11.9. The number of anilines is 1. The van der Waals surface area contributed by atoms with Crippen LogP contribution in [0.15, 0.2) is 45.6 Å². The Balaban J connectivity index is 1.38. The predicted molar refractivity (Wildman–Crippen MR) is 186 cm³/mol. The number of aryl methyl sites for hydroxylation is 2. The van der Waals surface area contributed by atoms with Gasteiger partial charge in [-0.15, -0.1) is 0 Å². The van der Waals surface area contributed by atoms with Crippen molar-refractivity contribution in [3.05, 3.63) is 63.6 Å². The molecule has 4 aliphatic rings. The number of oxazole rings is 1. The van der Waals surface area contributed by atoms with Gasteiger partial charge in [0.2, 0.25) is 0 Å². The Morgan fingerprint density at radius 2 is 1.78 bits per heavy atom. The Labute approximate surface area is 286 Å². The number of aromatic nitrogens is 1. The van der Waals surface area contributed by atoms with E-state index in [0.29, 0.717) is 61.6 Å². The first-order chi connectivity index (χ1) is 23.7. The lowest BCUT2D eigenvalue weighted by Gasteiger charge is -2.63. The molecule has 1 unspecified atom stereocenters. The maximum Gasteiger partial charge on any atom is 0.419 e. The highest BCUT2D eigenvalue weighted by Gasteiger charge is 2.65. The molecule has 3 aliphatic heterocycles. The second-order valence-corrected chi connectivity index (χ2v) is 14.4. The average Bonchev–Trinajstić information content (AvgIpc) is 3.29. The number of carboxylic acid groups (broad SMARTS) is 1. The largest absolute Gasteiger partial charge is 0.465 e. The van der Waals surface area contributed by atoms with E-state index in [4.69, 9.17) is 4.42 Å². The molecule has 1 aromatic heterocycles. The van der Waals surface area contributed by atoms with Crippen LogP contribution in [-0.2, 0) is 24.7 Å². The predicted octanol–water partition coefficient (Wildman–Crippen LogP) is 4.82. The van der Waals surface area contributed by atoms with Crippen LogP contribution in [0.2, 0.25) is 0 Å². The van der Waals surface area contributed by atoms with Gasteiger partial charge in [-0.2, -0.15) is 0 Å². The number of hydrogen-bond acceptors (Lipinski definition) is 7. The molecule has 12 nitrogen and oxygen atoms in total. The summed E-state index contributed by atoms with van der Waals surface area (Å²) >= 11 is 0. The number of rotatable bonds is 7. The Kier molecular flexibility index (Phi) is 9.04. The van der Waals surface area contributed by atoms with Crippen molar-refractivity contribution in [2.24, 2.45) is 7.05 Å². The van der Waals surface area contributed by atoms with Crippen molar-refractivity contribution in [3.8, 4) is 0 Å². The molecule has 49 heavy (non-hydrogen) atoms. The van der Waals surface area contributed by atoms with Crippen LogP contribution in [-0.4, -0.2) is 104 Å². The average molecular weight is 673 g/mol. The fraction of sp³-hybridized carbons (Fsp3) is 0.568. The van der Waals surface area contributed by atoms with Gasteiger partial charge in [0.15, 0.2) is 5.58 Å². The minimum Gasteiger partial charge on any atom is -0.465 e. The number of hydrogen-bond donors (Lipinski definition) is 2. The minimum absolute atomic E-state index is 0.135. The molecular weight excluding hydrogens is 624 g/mol. The van der Waals surface area contributed by atoms with E-state index in [-0.39, 0.29) is 19.5 Å². The van der Waals surface area contributed by atoms with Crippen LogP contribution in [0.5, 0.6) is 0 Å². The van der Waals surface area contributed by atoms with Crippen LogP contribution >= 0.6 is 0 Å². The van der Waals surface area contributed by atoms with Crippen molar-refractivity contribution in [1.82, 2.24) is 24.2 Å². The second-order valence-electron chi connectivity index (χ2n) is 14.4. The molecule has 0 spiro atoms. The van der Waals surface area contributed by atoms with Gasteiger partial charge in [0.05, 0.1) is 5.52 Å². The van der Waals surface area contributed by atoms with Crippen molar-refractivity contribution in [2.75, 3.05) is 44.6 Å². The third-order valence-corrected chi connectivity index (χ3v) is 11.9. The van der Waals surface area contributed by atoms with Crippen molar-refractivity contribution in [2.45, 2.75) is 88.4 Å². The second kappa shape index (κ2) is 13.3. The summed E-state index contributed by atoms with van der Waals surface area (Å²) in [5.41, 5.74) is 1.35. The number of para-hydroxylation sites is 1. The minimum atomic E-state index is -1.52. The van der Waals surface area contributed by atoms with E-state index in [1.807, 2.05) is 37.3 Å².